The summed E-state index contributed by atoms with van der Waals surface area (Å²) in [4.78, 5) is 0.881. The molecule has 0 amide bonds. The zero-order chi connectivity index (χ0) is 15.0. The van der Waals surface area contributed by atoms with Gasteiger partial charge in [-0.3, -0.25) is 0 Å². The van der Waals surface area contributed by atoms with Crippen LogP contribution in [0.5, 0.6) is 11.5 Å². The van der Waals surface area contributed by atoms with E-state index in [9.17, 15) is 0 Å². The summed E-state index contributed by atoms with van der Waals surface area (Å²) in [7, 11) is 1.62. The summed E-state index contributed by atoms with van der Waals surface area (Å²) >= 11 is 5.28. The Bertz CT molecular complexity index is 494. The van der Waals surface area contributed by atoms with Gasteiger partial charge in [0, 0.05) is 13.0 Å². The van der Waals surface area contributed by atoms with E-state index in [4.69, 9.17) is 28.1 Å². The molecule has 1 aromatic rings. The van der Waals surface area contributed by atoms with Gasteiger partial charge < -0.3 is 14.8 Å². The van der Waals surface area contributed by atoms with Gasteiger partial charge in [-0.1, -0.05) is 31.1 Å². The van der Waals surface area contributed by atoms with Gasteiger partial charge >= 0.3 is 0 Å². The van der Waals surface area contributed by atoms with Gasteiger partial charge in [-0.25, -0.2) is 0 Å². The molecule has 0 saturated carbocycles. The van der Waals surface area contributed by atoms with Gasteiger partial charge in [0.05, 0.1) is 12.1 Å². The Labute approximate surface area is 126 Å². The number of thiocarbonyl (C=S) groups is 1. The minimum Gasteiger partial charge on any atom is -0.493 e. The number of rotatable bonds is 7. The number of hydrogen-bond donors (Lipinski definition) is 1. The van der Waals surface area contributed by atoms with Crippen LogP contribution >= 0.6 is 12.2 Å². The van der Waals surface area contributed by atoms with Crippen LogP contribution < -0.4 is 14.8 Å². The third kappa shape index (κ3) is 4.75. The molecule has 0 spiro atoms. The fraction of sp³-hybridized carbons (Fsp3) is 0.438. The number of hydrogen-bond acceptors (Lipinski definition) is 3. The van der Waals surface area contributed by atoms with Crippen LogP contribution in [0.1, 0.15) is 31.7 Å². The molecule has 0 bridgehead atoms. The highest BCUT2D eigenvalue weighted by molar-refractivity contribution is 7.80. The van der Waals surface area contributed by atoms with E-state index in [1.807, 2.05) is 25.1 Å². The Kier molecular flexibility index (Phi) is 6.89. The third-order valence-corrected chi connectivity index (χ3v) is 3.24. The molecule has 1 N–H and O–H groups in total. The maximum atomic E-state index is 5.43. The number of benzene rings is 1. The quantitative estimate of drug-likeness (QED) is 0.617. The molecule has 0 aliphatic carbocycles. The molecular weight excluding hydrogens is 270 g/mol. The molecule has 0 aliphatic rings. The fourth-order valence-corrected chi connectivity index (χ4v) is 2.29. The third-order valence-electron chi connectivity index (χ3n) is 2.93. The van der Waals surface area contributed by atoms with E-state index < -0.39 is 0 Å². The van der Waals surface area contributed by atoms with Gasteiger partial charge in [0.2, 0.25) is 0 Å². The predicted molar refractivity (Wildman–Crippen MR) is 86.6 cm³/mol. The van der Waals surface area contributed by atoms with E-state index in [1.54, 1.807) is 7.11 Å². The summed E-state index contributed by atoms with van der Waals surface area (Å²) in [5.41, 5.74) is 1.16. The highest BCUT2D eigenvalue weighted by atomic mass is 32.1. The number of terminal acetylenes is 1. The number of ether oxygens (including phenoxy) is 2. The van der Waals surface area contributed by atoms with Crippen LogP contribution in [0.4, 0.5) is 0 Å². The Morgan fingerprint density at radius 3 is 2.80 bits per heavy atom. The SMILES string of the molecule is C#CCOc1ccc(C(C)CC(=S)NCC)cc1OC. The molecule has 20 heavy (non-hydrogen) atoms. The van der Waals surface area contributed by atoms with Crippen molar-refractivity contribution in [2.24, 2.45) is 0 Å². The molecule has 0 fully saturated rings. The van der Waals surface area contributed by atoms with Crippen molar-refractivity contribution in [3.63, 3.8) is 0 Å². The molecule has 0 aromatic heterocycles. The van der Waals surface area contributed by atoms with Crippen LogP contribution in [-0.2, 0) is 0 Å². The summed E-state index contributed by atoms with van der Waals surface area (Å²) in [6.07, 6.45) is 6.01. The first-order valence-corrected chi connectivity index (χ1v) is 7.04. The maximum Gasteiger partial charge on any atom is 0.162 e. The average Bonchev–Trinajstić information content (AvgIpc) is 2.45. The first-order valence-electron chi connectivity index (χ1n) is 6.63. The van der Waals surface area contributed by atoms with Crippen molar-refractivity contribution in [3.8, 4) is 23.8 Å². The molecule has 0 saturated heterocycles. The largest absolute Gasteiger partial charge is 0.493 e. The van der Waals surface area contributed by atoms with E-state index in [0.717, 1.165) is 23.5 Å². The molecule has 0 radical (unpaired) electrons. The summed E-state index contributed by atoms with van der Waals surface area (Å²) < 4.78 is 10.8. The topological polar surface area (TPSA) is 30.5 Å². The second-order valence-electron chi connectivity index (χ2n) is 4.46. The Morgan fingerprint density at radius 1 is 1.45 bits per heavy atom. The monoisotopic (exact) mass is 291 g/mol. The lowest BCUT2D eigenvalue weighted by Gasteiger charge is -2.16. The summed E-state index contributed by atoms with van der Waals surface area (Å²) in [6, 6.07) is 5.89. The van der Waals surface area contributed by atoms with Gasteiger partial charge in [-0.05, 0) is 30.5 Å². The lowest BCUT2D eigenvalue weighted by Crippen LogP contribution is -2.22. The van der Waals surface area contributed by atoms with E-state index in [0.29, 0.717) is 17.4 Å². The summed E-state index contributed by atoms with van der Waals surface area (Å²) in [5.74, 6) is 4.11. The Morgan fingerprint density at radius 2 is 2.20 bits per heavy atom. The lowest BCUT2D eigenvalue weighted by molar-refractivity contribution is 0.330. The van der Waals surface area contributed by atoms with Crippen molar-refractivity contribution in [1.82, 2.24) is 5.32 Å². The van der Waals surface area contributed by atoms with Gasteiger partial charge in [0.15, 0.2) is 11.5 Å². The van der Waals surface area contributed by atoms with E-state index in [1.165, 1.54) is 0 Å². The fourth-order valence-electron chi connectivity index (χ4n) is 1.89. The highest BCUT2D eigenvalue weighted by Crippen LogP contribution is 2.31. The van der Waals surface area contributed by atoms with Crippen molar-refractivity contribution < 1.29 is 9.47 Å². The Balaban J connectivity index is 2.81. The molecule has 4 heteroatoms. The van der Waals surface area contributed by atoms with Gasteiger partial charge in [-0.15, -0.1) is 6.42 Å². The molecule has 3 nitrogen and oxygen atoms in total. The molecule has 0 aliphatic heterocycles. The van der Waals surface area contributed by atoms with Crippen LogP contribution in [0.15, 0.2) is 18.2 Å². The molecule has 1 atom stereocenters. The molecule has 108 valence electrons. The molecular formula is C16H21NO2S. The molecule has 0 heterocycles. The predicted octanol–water partition coefficient (Wildman–Crippen LogP) is 3.14. The van der Waals surface area contributed by atoms with Crippen LogP contribution in [0.2, 0.25) is 0 Å². The summed E-state index contributed by atoms with van der Waals surface area (Å²) in [6.45, 7) is 5.27. The standard InChI is InChI=1S/C16H21NO2S/c1-5-9-19-14-8-7-13(11-15(14)18-4)12(3)10-16(20)17-6-2/h1,7-8,11-12H,6,9-10H2,2-4H3,(H,17,20). The van der Waals surface area contributed by atoms with Crippen LogP contribution in [0.3, 0.4) is 0 Å². The van der Waals surface area contributed by atoms with E-state index in [2.05, 4.69) is 18.2 Å². The lowest BCUT2D eigenvalue weighted by atomic mass is 9.97. The maximum absolute atomic E-state index is 5.43. The Hall–Kier alpha value is -1.73. The van der Waals surface area contributed by atoms with Gasteiger partial charge in [-0.2, -0.15) is 0 Å². The molecule has 1 unspecified atom stereocenters. The van der Waals surface area contributed by atoms with Crippen LogP contribution in [-0.4, -0.2) is 25.2 Å². The van der Waals surface area contributed by atoms with Crippen LogP contribution in [0.25, 0.3) is 0 Å². The zero-order valence-corrected chi connectivity index (χ0v) is 13.0. The minimum absolute atomic E-state index is 0.232. The molecule has 1 rings (SSSR count). The summed E-state index contributed by atoms with van der Waals surface area (Å²) in [5, 5.41) is 3.17. The first-order chi connectivity index (χ1) is 9.62. The van der Waals surface area contributed by atoms with Gasteiger partial charge in [0.25, 0.3) is 0 Å². The van der Waals surface area contributed by atoms with Crippen molar-refractivity contribution in [2.45, 2.75) is 26.2 Å². The second kappa shape index (κ2) is 8.44. The number of methoxy groups -OCH3 is 1. The van der Waals surface area contributed by atoms with E-state index in [-0.39, 0.29) is 6.61 Å². The average molecular weight is 291 g/mol. The van der Waals surface area contributed by atoms with Gasteiger partial charge in [0.1, 0.15) is 6.61 Å². The second-order valence-corrected chi connectivity index (χ2v) is 4.95. The van der Waals surface area contributed by atoms with E-state index >= 15 is 0 Å². The van der Waals surface area contributed by atoms with Crippen molar-refractivity contribution in [1.29, 1.82) is 0 Å². The van der Waals surface area contributed by atoms with Crippen LogP contribution in [0, 0.1) is 12.3 Å². The van der Waals surface area contributed by atoms with Crippen molar-refractivity contribution in [2.75, 3.05) is 20.3 Å². The minimum atomic E-state index is 0.232. The molecule has 1 aromatic carbocycles. The van der Waals surface area contributed by atoms with Crippen molar-refractivity contribution in [3.05, 3.63) is 23.8 Å². The van der Waals surface area contributed by atoms with Crippen molar-refractivity contribution >= 4 is 17.2 Å². The smallest absolute Gasteiger partial charge is 0.162 e. The highest BCUT2D eigenvalue weighted by Gasteiger charge is 2.12. The zero-order valence-electron chi connectivity index (χ0n) is 12.2. The first kappa shape index (κ1) is 16.3. The number of nitrogens with one attached hydrogen (secondary N) is 1. The normalized spacial score (nSPS) is 11.3.